The smallest absolute Gasteiger partial charge is 0.269 e. The van der Waals surface area contributed by atoms with E-state index in [2.05, 4.69) is 10.6 Å². The summed E-state index contributed by atoms with van der Waals surface area (Å²) in [6.07, 6.45) is 0. The lowest BCUT2D eigenvalue weighted by molar-refractivity contribution is -0.384. The summed E-state index contributed by atoms with van der Waals surface area (Å²) < 4.78 is 0. The number of hydrogen-bond acceptors (Lipinski definition) is 4. The standard InChI is InChI=1S/C15H13N3O4.3C2H6/c1-16-14(19)10-2-6-12(7-3-10)17-15(20)11-4-8-13(9-5-11)18(21)22;3*1-2/h2-9H,1H3,(H,16,19)(H,17,20);3*1-2H3. The molecular formula is C21H31N3O4. The monoisotopic (exact) mass is 389 g/mol. The third-order valence-corrected chi connectivity index (χ3v) is 2.97. The van der Waals surface area contributed by atoms with Crippen LogP contribution < -0.4 is 10.6 Å². The molecule has 0 saturated carbocycles. The quantitative estimate of drug-likeness (QED) is 0.548. The van der Waals surface area contributed by atoms with Gasteiger partial charge in [0.05, 0.1) is 4.92 Å². The molecule has 0 radical (unpaired) electrons. The molecule has 2 amide bonds. The maximum absolute atomic E-state index is 12.0. The number of amides is 2. The van der Waals surface area contributed by atoms with Crippen LogP contribution in [0.4, 0.5) is 11.4 Å². The second kappa shape index (κ2) is 16.0. The van der Waals surface area contributed by atoms with Gasteiger partial charge in [-0.3, -0.25) is 19.7 Å². The zero-order valence-electron chi connectivity index (χ0n) is 17.7. The molecule has 28 heavy (non-hydrogen) atoms. The Morgan fingerprint density at radius 1 is 0.750 bits per heavy atom. The number of nitro benzene ring substituents is 1. The molecule has 0 heterocycles. The highest BCUT2D eigenvalue weighted by molar-refractivity contribution is 6.04. The summed E-state index contributed by atoms with van der Waals surface area (Å²) in [5.74, 6) is -0.601. The summed E-state index contributed by atoms with van der Waals surface area (Å²) in [7, 11) is 1.53. The third kappa shape index (κ3) is 8.93. The summed E-state index contributed by atoms with van der Waals surface area (Å²) in [4.78, 5) is 33.4. The van der Waals surface area contributed by atoms with Crippen LogP contribution in [0.3, 0.4) is 0 Å². The Balaban J connectivity index is 0. The average molecular weight is 389 g/mol. The second-order valence-electron chi connectivity index (χ2n) is 4.41. The minimum Gasteiger partial charge on any atom is -0.355 e. The molecule has 2 aromatic rings. The van der Waals surface area contributed by atoms with Gasteiger partial charge in [-0.2, -0.15) is 0 Å². The van der Waals surface area contributed by atoms with Crippen molar-refractivity contribution in [2.45, 2.75) is 41.5 Å². The average Bonchev–Trinajstić information content (AvgIpc) is 2.78. The molecule has 0 aliphatic heterocycles. The van der Waals surface area contributed by atoms with E-state index in [0.29, 0.717) is 16.8 Å². The van der Waals surface area contributed by atoms with Gasteiger partial charge in [0.25, 0.3) is 17.5 Å². The van der Waals surface area contributed by atoms with Gasteiger partial charge in [0.15, 0.2) is 0 Å². The van der Waals surface area contributed by atoms with Crippen molar-refractivity contribution in [2.24, 2.45) is 0 Å². The lowest BCUT2D eigenvalue weighted by Crippen LogP contribution is -2.17. The molecule has 0 fully saturated rings. The van der Waals surface area contributed by atoms with Crippen molar-refractivity contribution in [3.8, 4) is 0 Å². The van der Waals surface area contributed by atoms with Gasteiger partial charge in [-0.05, 0) is 36.4 Å². The van der Waals surface area contributed by atoms with Crippen LogP contribution >= 0.6 is 0 Å². The molecule has 7 nitrogen and oxygen atoms in total. The molecule has 0 unspecified atom stereocenters. The Bertz CT molecular complexity index is 711. The molecule has 0 saturated heterocycles. The molecule has 0 aromatic heterocycles. The molecule has 0 aliphatic rings. The van der Waals surface area contributed by atoms with Gasteiger partial charge < -0.3 is 10.6 Å². The zero-order valence-corrected chi connectivity index (χ0v) is 17.7. The normalized spacial score (nSPS) is 8.39. The number of benzene rings is 2. The summed E-state index contributed by atoms with van der Waals surface area (Å²) in [6.45, 7) is 12.0. The fourth-order valence-electron chi connectivity index (χ4n) is 1.79. The maximum atomic E-state index is 12.0. The van der Waals surface area contributed by atoms with E-state index in [-0.39, 0.29) is 17.5 Å². The predicted molar refractivity (Wildman–Crippen MR) is 115 cm³/mol. The number of non-ortho nitro benzene ring substituents is 1. The summed E-state index contributed by atoms with van der Waals surface area (Å²) in [5.41, 5.74) is 1.24. The van der Waals surface area contributed by atoms with Crippen LogP contribution in [0.2, 0.25) is 0 Å². The highest BCUT2D eigenvalue weighted by Crippen LogP contribution is 2.14. The molecule has 2 N–H and O–H groups in total. The molecule has 0 aliphatic carbocycles. The van der Waals surface area contributed by atoms with Crippen LogP contribution in [0, 0.1) is 10.1 Å². The Labute approximate surface area is 167 Å². The van der Waals surface area contributed by atoms with Gasteiger partial charge in [-0.25, -0.2) is 0 Å². The van der Waals surface area contributed by atoms with Crippen molar-refractivity contribution in [3.05, 3.63) is 69.8 Å². The van der Waals surface area contributed by atoms with Crippen molar-refractivity contribution in [1.82, 2.24) is 5.32 Å². The van der Waals surface area contributed by atoms with E-state index in [4.69, 9.17) is 0 Å². The first kappa shape index (κ1) is 27.0. The number of nitrogens with zero attached hydrogens (tertiary/aromatic N) is 1. The van der Waals surface area contributed by atoms with E-state index in [0.717, 1.165) is 0 Å². The molecule has 2 rings (SSSR count). The van der Waals surface area contributed by atoms with Gasteiger partial charge in [0, 0.05) is 36.0 Å². The summed E-state index contributed by atoms with van der Waals surface area (Å²) >= 11 is 0. The topological polar surface area (TPSA) is 101 Å². The molecule has 0 atom stereocenters. The molecule has 0 spiro atoms. The van der Waals surface area contributed by atoms with E-state index < -0.39 is 4.92 Å². The Morgan fingerprint density at radius 3 is 1.54 bits per heavy atom. The highest BCUT2D eigenvalue weighted by Gasteiger charge is 2.10. The van der Waals surface area contributed by atoms with Crippen molar-refractivity contribution in [2.75, 3.05) is 12.4 Å². The minimum absolute atomic E-state index is 0.0773. The van der Waals surface area contributed by atoms with Crippen molar-refractivity contribution >= 4 is 23.2 Å². The number of carbonyl (C=O) groups is 2. The van der Waals surface area contributed by atoms with Gasteiger partial charge in [0.2, 0.25) is 0 Å². The van der Waals surface area contributed by atoms with Crippen molar-refractivity contribution in [1.29, 1.82) is 0 Å². The number of nitro groups is 1. The third-order valence-electron chi connectivity index (χ3n) is 2.97. The van der Waals surface area contributed by atoms with Crippen LogP contribution in [0.1, 0.15) is 62.3 Å². The molecular weight excluding hydrogens is 358 g/mol. The number of hydrogen-bond donors (Lipinski definition) is 2. The van der Waals surface area contributed by atoms with Gasteiger partial charge in [-0.1, -0.05) is 41.5 Å². The van der Waals surface area contributed by atoms with Crippen LogP contribution in [0.15, 0.2) is 48.5 Å². The van der Waals surface area contributed by atoms with Crippen molar-refractivity contribution in [3.63, 3.8) is 0 Å². The lowest BCUT2D eigenvalue weighted by Gasteiger charge is -2.06. The van der Waals surface area contributed by atoms with Crippen LogP contribution in [0.25, 0.3) is 0 Å². The van der Waals surface area contributed by atoms with Crippen LogP contribution in [-0.2, 0) is 0 Å². The predicted octanol–water partition coefficient (Wildman–Crippen LogP) is 5.29. The Morgan fingerprint density at radius 2 is 1.14 bits per heavy atom. The van der Waals surface area contributed by atoms with Gasteiger partial charge >= 0.3 is 0 Å². The van der Waals surface area contributed by atoms with E-state index in [1.807, 2.05) is 41.5 Å². The number of carbonyl (C=O) groups excluding carboxylic acids is 2. The van der Waals surface area contributed by atoms with Crippen LogP contribution in [0.5, 0.6) is 0 Å². The van der Waals surface area contributed by atoms with Crippen molar-refractivity contribution < 1.29 is 14.5 Å². The molecule has 154 valence electrons. The fraction of sp³-hybridized carbons (Fsp3) is 0.333. The van der Waals surface area contributed by atoms with E-state index in [9.17, 15) is 19.7 Å². The number of anilines is 1. The first-order valence-electron chi connectivity index (χ1n) is 9.39. The first-order valence-corrected chi connectivity index (χ1v) is 9.39. The molecule has 2 aromatic carbocycles. The summed E-state index contributed by atoms with van der Waals surface area (Å²) in [6, 6.07) is 11.7. The molecule has 7 heteroatoms. The Hall–Kier alpha value is -3.22. The minimum atomic E-state index is -0.529. The zero-order chi connectivity index (χ0) is 22.1. The lowest BCUT2D eigenvalue weighted by atomic mass is 10.1. The van der Waals surface area contributed by atoms with E-state index in [1.165, 1.54) is 31.3 Å². The second-order valence-corrected chi connectivity index (χ2v) is 4.41. The number of rotatable bonds is 4. The maximum Gasteiger partial charge on any atom is 0.269 e. The Kier molecular flexibility index (Phi) is 15.4. The van der Waals surface area contributed by atoms with E-state index in [1.54, 1.807) is 24.3 Å². The van der Waals surface area contributed by atoms with Gasteiger partial charge in [0.1, 0.15) is 0 Å². The fourth-order valence-corrected chi connectivity index (χ4v) is 1.79. The van der Waals surface area contributed by atoms with E-state index >= 15 is 0 Å². The highest BCUT2D eigenvalue weighted by atomic mass is 16.6. The largest absolute Gasteiger partial charge is 0.355 e. The SMILES string of the molecule is CC.CC.CC.CNC(=O)c1ccc(NC(=O)c2ccc([N+](=O)[O-])cc2)cc1. The van der Waals surface area contributed by atoms with Gasteiger partial charge in [-0.15, -0.1) is 0 Å². The van der Waals surface area contributed by atoms with Crippen LogP contribution in [-0.4, -0.2) is 23.8 Å². The summed E-state index contributed by atoms with van der Waals surface area (Å²) in [5, 5.41) is 15.7. The molecule has 0 bridgehead atoms. The number of nitrogens with one attached hydrogen (secondary N) is 2. The first-order chi connectivity index (χ1) is 13.5.